The third kappa shape index (κ3) is 3.00. The first-order valence-electron chi connectivity index (χ1n) is 9.40. The minimum Gasteiger partial charge on any atom is -0.486 e. The van der Waals surface area contributed by atoms with Gasteiger partial charge < -0.3 is 9.64 Å². The van der Waals surface area contributed by atoms with Crippen LogP contribution in [0.15, 0.2) is 48.1 Å². The second-order valence-corrected chi connectivity index (χ2v) is 8.56. The fourth-order valence-corrected chi connectivity index (χ4v) is 4.87. The van der Waals surface area contributed by atoms with Crippen molar-refractivity contribution in [2.75, 3.05) is 20.1 Å². The van der Waals surface area contributed by atoms with E-state index in [-0.39, 0.29) is 18.1 Å². The fraction of sp³-hybridized carbons (Fsp3) is 0.333. The Hall–Kier alpha value is -2.64. The van der Waals surface area contributed by atoms with E-state index in [1.165, 1.54) is 4.88 Å². The van der Waals surface area contributed by atoms with Gasteiger partial charge in [0.05, 0.1) is 17.8 Å². The number of likely N-dealkylation sites (tertiary alicyclic amines) is 1. The Kier molecular flexibility index (Phi) is 4.21. The van der Waals surface area contributed by atoms with E-state index in [1.54, 1.807) is 16.0 Å². The summed E-state index contributed by atoms with van der Waals surface area (Å²) in [6.07, 6.45) is 3.76. The number of aryl methyl sites for hydroxylation is 1. The zero-order valence-corrected chi connectivity index (χ0v) is 16.7. The van der Waals surface area contributed by atoms with Gasteiger partial charge in [0.2, 0.25) is 0 Å². The lowest BCUT2D eigenvalue weighted by Crippen LogP contribution is -2.44. The monoisotopic (exact) mass is 394 g/mol. The predicted octanol–water partition coefficient (Wildman–Crippen LogP) is 2.87. The van der Waals surface area contributed by atoms with Crippen molar-refractivity contribution in [3.05, 3.63) is 58.5 Å². The van der Waals surface area contributed by atoms with Crippen molar-refractivity contribution in [2.45, 2.75) is 18.7 Å². The Morgan fingerprint density at radius 3 is 2.86 bits per heavy atom. The molecule has 1 aromatic carbocycles. The number of thiophene rings is 1. The number of carbonyl (C=O) groups is 1. The molecular weight excluding hydrogens is 372 g/mol. The predicted molar refractivity (Wildman–Crippen MR) is 109 cm³/mol. The van der Waals surface area contributed by atoms with Crippen LogP contribution in [0.25, 0.3) is 11.1 Å². The first-order chi connectivity index (χ1) is 13.6. The van der Waals surface area contributed by atoms with Gasteiger partial charge in [0.1, 0.15) is 11.9 Å². The van der Waals surface area contributed by atoms with Gasteiger partial charge in [0.25, 0.3) is 5.91 Å². The molecule has 0 N–H and O–H groups in total. The van der Waals surface area contributed by atoms with Crippen molar-refractivity contribution in [1.29, 1.82) is 0 Å². The largest absolute Gasteiger partial charge is 0.486 e. The van der Waals surface area contributed by atoms with Gasteiger partial charge in [0, 0.05) is 50.4 Å². The van der Waals surface area contributed by atoms with Crippen molar-refractivity contribution < 1.29 is 9.53 Å². The van der Waals surface area contributed by atoms with Crippen LogP contribution >= 0.6 is 11.3 Å². The summed E-state index contributed by atoms with van der Waals surface area (Å²) >= 11 is 1.77. The van der Waals surface area contributed by atoms with Crippen molar-refractivity contribution in [3.63, 3.8) is 0 Å². The highest BCUT2D eigenvalue weighted by molar-refractivity contribution is 7.09. The highest BCUT2D eigenvalue weighted by atomic mass is 32.1. The molecule has 144 valence electrons. The molecule has 0 aliphatic carbocycles. The maximum atomic E-state index is 13.1. The van der Waals surface area contributed by atoms with Crippen LogP contribution in [0.5, 0.6) is 5.75 Å². The fourth-order valence-electron chi connectivity index (χ4n) is 4.12. The molecule has 0 bridgehead atoms. The average molecular weight is 395 g/mol. The third-order valence-corrected chi connectivity index (χ3v) is 6.48. The van der Waals surface area contributed by atoms with Crippen molar-refractivity contribution in [3.8, 4) is 16.9 Å². The molecule has 1 saturated heterocycles. The van der Waals surface area contributed by atoms with Crippen LogP contribution in [0, 0.1) is 0 Å². The summed E-state index contributed by atoms with van der Waals surface area (Å²) in [4.78, 5) is 18.6. The van der Waals surface area contributed by atoms with Crippen LogP contribution in [0.4, 0.5) is 0 Å². The second kappa shape index (κ2) is 6.76. The summed E-state index contributed by atoms with van der Waals surface area (Å²) in [6.45, 7) is 2.55. The number of hydrogen-bond acceptors (Lipinski definition) is 5. The van der Waals surface area contributed by atoms with Gasteiger partial charge in [-0.15, -0.1) is 11.3 Å². The summed E-state index contributed by atoms with van der Waals surface area (Å²) in [5.41, 5.74) is 2.66. The molecule has 2 atom stereocenters. The summed E-state index contributed by atoms with van der Waals surface area (Å²) in [5.74, 6) is 0.696. The van der Waals surface area contributed by atoms with E-state index in [1.807, 2.05) is 49.6 Å². The molecule has 1 amide bonds. The van der Waals surface area contributed by atoms with E-state index in [2.05, 4.69) is 27.5 Å². The molecule has 0 saturated carbocycles. The number of rotatable bonds is 3. The SMILES string of the molecule is CN1C(=O)c2ccc(-c3cnn(C)c3)cc2O[C@H]2CN(Cc3cccs3)C[C@H]21. The van der Waals surface area contributed by atoms with Crippen molar-refractivity contribution in [1.82, 2.24) is 19.6 Å². The van der Waals surface area contributed by atoms with E-state index in [0.717, 1.165) is 30.8 Å². The molecule has 0 unspecified atom stereocenters. The molecular formula is C21H22N4O2S. The number of fused-ring (bicyclic) bond motifs is 2. The zero-order valence-electron chi connectivity index (χ0n) is 15.9. The lowest BCUT2D eigenvalue weighted by atomic mass is 10.1. The molecule has 4 heterocycles. The van der Waals surface area contributed by atoms with Crippen molar-refractivity contribution in [2.24, 2.45) is 7.05 Å². The highest BCUT2D eigenvalue weighted by Crippen LogP contribution is 2.34. The zero-order chi connectivity index (χ0) is 19.3. The molecule has 3 aromatic rings. The number of nitrogens with zero attached hydrogens (tertiary/aromatic N) is 4. The van der Waals surface area contributed by atoms with Gasteiger partial charge in [0.15, 0.2) is 0 Å². The Morgan fingerprint density at radius 1 is 1.21 bits per heavy atom. The lowest BCUT2D eigenvalue weighted by molar-refractivity contribution is 0.0682. The third-order valence-electron chi connectivity index (χ3n) is 5.62. The number of aromatic nitrogens is 2. The number of ether oxygens (including phenoxy) is 1. The number of likely N-dealkylation sites (N-methyl/N-ethyl adjacent to an activating group) is 1. The number of carbonyl (C=O) groups excluding carboxylic acids is 1. The van der Waals surface area contributed by atoms with E-state index in [0.29, 0.717) is 11.3 Å². The van der Waals surface area contributed by atoms with E-state index >= 15 is 0 Å². The summed E-state index contributed by atoms with van der Waals surface area (Å²) < 4.78 is 8.19. The molecule has 5 rings (SSSR count). The normalized spacial score (nSPS) is 21.9. The minimum absolute atomic E-state index is 0.0261. The van der Waals surface area contributed by atoms with E-state index in [9.17, 15) is 4.79 Å². The number of hydrogen-bond donors (Lipinski definition) is 0. The molecule has 28 heavy (non-hydrogen) atoms. The molecule has 0 radical (unpaired) electrons. The van der Waals surface area contributed by atoms with Gasteiger partial charge in [-0.1, -0.05) is 12.1 Å². The maximum absolute atomic E-state index is 13.1. The quantitative estimate of drug-likeness (QED) is 0.686. The lowest BCUT2D eigenvalue weighted by Gasteiger charge is -2.25. The topological polar surface area (TPSA) is 50.6 Å². The number of amides is 1. The standard InChI is InChI=1S/C21H22N4O2S/c1-23-10-15(9-22-23)14-5-6-17-19(8-14)27-20-13-25(11-16-4-3-7-28-16)12-18(20)24(2)21(17)26/h3-10,18,20H,11-13H2,1-2H3/t18-,20+/m1/s1. The molecule has 2 aliphatic heterocycles. The molecule has 2 aromatic heterocycles. The second-order valence-electron chi connectivity index (χ2n) is 7.53. The summed E-state index contributed by atoms with van der Waals surface area (Å²) in [6, 6.07) is 10.1. The van der Waals surface area contributed by atoms with Gasteiger partial charge >= 0.3 is 0 Å². The molecule has 2 aliphatic rings. The van der Waals surface area contributed by atoms with Gasteiger partial charge in [-0.3, -0.25) is 14.4 Å². The average Bonchev–Trinajstić information content (AvgIpc) is 3.42. The first kappa shape index (κ1) is 17.5. The smallest absolute Gasteiger partial charge is 0.257 e. The molecule has 0 spiro atoms. The molecule has 6 nitrogen and oxygen atoms in total. The van der Waals surface area contributed by atoms with Crippen LogP contribution in [0.2, 0.25) is 0 Å². The van der Waals surface area contributed by atoms with Crippen LogP contribution in [-0.2, 0) is 13.6 Å². The van der Waals surface area contributed by atoms with E-state index in [4.69, 9.17) is 4.74 Å². The molecule has 7 heteroatoms. The van der Waals surface area contributed by atoms with Crippen LogP contribution in [0.3, 0.4) is 0 Å². The first-order valence-corrected chi connectivity index (χ1v) is 10.3. The maximum Gasteiger partial charge on any atom is 0.257 e. The van der Waals surface area contributed by atoms with Crippen LogP contribution in [0.1, 0.15) is 15.2 Å². The molecule has 1 fully saturated rings. The van der Waals surface area contributed by atoms with Crippen molar-refractivity contribution >= 4 is 17.2 Å². The van der Waals surface area contributed by atoms with Crippen LogP contribution in [-0.4, -0.2) is 57.8 Å². The Morgan fingerprint density at radius 2 is 2.11 bits per heavy atom. The highest BCUT2D eigenvalue weighted by Gasteiger charge is 2.42. The Bertz CT molecular complexity index is 1010. The van der Waals surface area contributed by atoms with Gasteiger partial charge in [-0.25, -0.2) is 0 Å². The summed E-state index contributed by atoms with van der Waals surface area (Å²) in [5, 5.41) is 6.35. The van der Waals surface area contributed by atoms with Crippen LogP contribution < -0.4 is 4.74 Å². The van der Waals surface area contributed by atoms with Gasteiger partial charge in [-0.05, 0) is 29.1 Å². The van der Waals surface area contributed by atoms with Gasteiger partial charge in [-0.2, -0.15) is 5.10 Å². The summed E-state index contributed by atoms with van der Waals surface area (Å²) in [7, 11) is 3.79. The number of benzene rings is 1. The Labute approximate surface area is 167 Å². The van der Waals surface area contributed by atoms with E-state index < -0.39 is 0 Å². The Balaban J connectivity index is 1.44. The minimum atomic E-state index is -0.0284.